The highest BCUT2D eigenvalue weighted by Crippen LogP contribution is 2.42. The Kier molecular flexibility index (Phi) is 9.36. The Morgan fingerprint density at radius 2 is 1.97 bits per heavy atom. The average Bonchev–Trinajstić information content (AvgIpc) is 2.90. The molecule has 4 rings (SSSR count). The van der Waals surface area contributed by atoms with Crippen molar-refractivity contribution in [2.75, 3.05) is 18.5 Å². The van der Waals surface area contributed by atoms with E-state index >= 15 is 0 Å². The molecule has 1 N–H and O–H groups in total. The van der Waals surface area contributed by atoms with Gasteiger partial charge in [0.05, 0.1) is 23.7 Å². The van der Waals surface area contributed by atoms with Gasteiger partial charge < -0.3 is 14.8 Å². The van der Waals surface area contributed by atoms with Crippen molar-refractivity contribution in [3.05, 3.63) is 90.1 Å². The molecule has 0 fully saturated rings. The zero-order valence-electron chi connectivity index (χ0n) is 20.8. The molecule has 0 saturated heterocycles. The number of ether oxygens (including phenoxy) is 2. The van der Waals surface area contributed by atoms with Crippen molar-refractivity contribution in [2.45, 2.75) is 20.3 Å². The predicted octanol–water partition coefficient (Wildman–Crippen LogP) is 6.57. The molecule has 0 saturated carbocycles. The fourth-order valence-electron chi connectivity index (χ4n) is 3.66. The maximum Gasteiger partial charge on any atom is 0.282 e. The topological polar surface area (TPSA) is 94.8 Å². The molecule has 1 aromatic heterocycles. The highest BCUT2D eigenvalue weighted by atomic mass is 79.9. The number of hydrogen-bond acceptors (Lipinski definition) is 6. The molecule has 1 amide bonds. The van der Waals surface area contributed by atoms with Gasteiger partial charge in [-0.1, -0.05) is 40.5 Å². The molecule has 8 nitrogen and oxygen atoms in total. The van der Waals surface area contributed by atoms with E-state index in [4.69, 9.17) is 21.1 Å². The van der Waals surface area contributed by atoms with Crippen molar-refractivity contribution < 1.29 is 18.7 Å². The molecule has 202 valence electrons. The Hall–Kier alpha value is -3.28. The number of aromatic nitrogens is 2. The lowest BCUT2D eigenvalue weighted by atomic mass is 10.2. The van der Waals surface area contributed by atoms with E-state index in [1.165, 1.54) is 29.1 Å². The highest BCUT2D eigenvalue weighted by molar-refractivity contribution is 9.10. The van der Waals surface area contributed by atoms with Gasteiger partial charge in [0.1, 0.15) is 16.7 Å². The molecule has 0 aliphatic carbocycles. The number of hydrogen-bond donors (Lipinski definition) is 1. The van der Waals surface area contributed by atoms with E-state index < -0.39 is 18.3 Å². The molecule has 1 heterocycles. The largest absolute Gasteiger partial charge is 0.490 e. The second-order valence-corrected chi connectivity index (χ2v) is 10.2. The summed E-state index contributed by atoms with van der Waals surface area (Å²) in [4.78, 5) is 30.2. The fourth-order valence-corrected chi connectivity index (χ4v) is 4.67. The number of halogens is 4. The van der Waals surface area contributed by atoms with Crippen LogP contribution >= 0.6 is 43.5 Å². The van der Waals surface area contributed by atoms with Gasteiger partial charge in [-0.3, -0.25) is 9.59 Å². The van der Waals surface area contributed by atoms with Gasteiger partial charge >= 0.3 is 0 Å². The first kappa shape index (κ1) is 28.7. The smallest absolute Gasteiger partial charge is 0.282 e. The molecular weight excluding hydrogens is 659 g/mol. The van der Waals surface area contributed by atoms with Gasteiger partial charge in [0.25, 0.3) is 11.5 Å². The van der Waals surface area contributed by atoms with E-state index in [1.807, 2.05) is 13.0 Å². The van der Waals surface area contributed by atoms with Crippen molar-refractivity contribution in [3.8, 4) is 11.5 Å². The lowest BCUT2D eigenvalue weighted by molar-refractivity contribution is -0.118. The minimum absolute atomic E-state index is 0.139. The number of fused-ring (bicyclic) bond motifs is 1. The van der Waals surface area contributed by atoms with Crippen LogP contribution in [0.15, 0.2) is 67.4 Å². The van der Waals surface area contributed by atoms with E-state index in [2.05, 4.69) is 47.3 Å². The first-order valence-electron chi connectivity index (χ1n) is 11.8. The maximum atomic E-state index is 13.4. The van der Waals surface area contributed by atoms with Crippen LogP contribution in [0.3, 0.4) is 0 Å². The Morgan fingerprint density at radius 1 is 1.18 bits per heavy atom. The summed E-state index contributed by atoms with van der Waals surface area (Å²) in [5.74, 6) is -0.0856. The molecule has 0 radical (unpaired) electrons. The van der Waals surface area contributed by atoms with Gasteiger partial charge in [0.2, 0.25) is 0 Å². The van der Waals surface area contributed by atoms with Crippen LogP contribution in [-0.2, 0) is 11.2 Å². The number of nitrogens with one attached hydrogen (secondary N) is 1. The summed E-state index contributed by atoms with van der Waals surface area (Å²) < 4.78 is 27.2. The van der Waals surface area contributed by atoms with Crippen molar-refractivity contribution in [2.24, 2.45) is 5.10 Å². The summed E-state index contributed by atoms with van der Waals surface area (Å²) in [5, 5.41) is 7.53. The van der Waals surface area contributed by atoms with E-state index in [0.29, 0.717) is 45.5 Å². The average molecular weight is 681 g/mol. The third-order valence-electron chi connectivity index (χ3n) is 5.42. The minimum Gasteiger partial charge on any atom is -0.490 e. The first-order valence-corrected chi connectivity index (χ1v) is 13.8. The van der Waals surface area contributed by atoms with Crippen molar-refractivity contribution in [3.63, 3.8) is 0 Å². The van der Waals surface area contributed by atoms with Crippen LogP contribution in [0, 0.1) is 5.82 Å². The molecule has 0 spiro atoms. The Bertz CT molecular complexity index is 1640. The fraction of sp³-hybridized carbons (Fsp3) is 0.185. The molecular formula is C27H22Br2ClFN4O4. The summed E-state index contributed by atoms with van der Waals surface area (Å²) >= 11 is 13.4. The van der Waals surface area contributed by atoms with Crippen LogP contribution in [0.5, 0.6) is 11.5 Å². The zero-order chi connectivity index (χ0) is 28.1. The summed E-state index contributed by atoms with van der Waals surface area (Å²) in [6, 6.07) is 12.4. The van der Waals surface area contributed by atoms with Crippen LogP contribution < -0.4 is 20.3 Å². The second kappa shape index (κ2) is 12.7. The number of rotatable bonds is 9. The molecule has 0 bridgehead atoms. The van der Waals surface area contributed by atoms with Crippen LogP contribution in [0.25, 0.3) is 10.9 Å². The zero-order valence-corrected chi connectivity index (χ0v) is 24.7. The summed E-state index contributed by atoms with van der Waals surface area (Å²) in [7, 11) is 0. The summed E-state index contributed by atoms with van der Waals surface area (Å²) in [6.45, 7) is 3.57. The molecule has 0 unspecified atom stereocenters. The van der Waals surface area contributed by atoms with Crippen LogP contribution in [0.1, 0.15) is 25.2 Å². The monoisotopic (exact) mass is 678 g/mol. The van der Waals surface area contributed by atoms with Gasteiger partial charge in [-0.25, -0.2) is 9.37 Å². The van der Waals surface area contributed by atoms with E-state index in [1.54, 1.807) is 31.2 Å². The lowest BCUT2D eigenvalue weighted by Crippen LogP contribution is -2.22. The van der Waals surface area contributed by atoms with Gasteiger partial charge in [-0.2, -0.15) is 9.78 Å². The number of carbonyl (C=O) groups is 1. The van der Waals surface area contributed by atoms with E-state index in [-0.39, 0.29) is 22.1 Å². The van der Waals surface area contributed by atoms with Crippen molar-refractivity contribution >= 4 is 72.2 Å². The quantitative estimate of drug-likeness (QED) is 0.202. The predicted molar refractivity (Wildman–Crippen MR) is 157 cm³/mol. The van der Waals surface area contributed by atoms with Crippen LogP contribution in [0.2, 0.25) is 5.02 Å². The summed E-state index contributed by atoms with van der Waals surface area (Å²) in [5.41, 5.74) is 1.07. The van der Waals surface area contributed by atoms with Crippen LogP contribution in [-0.4, -0.2) is 35.0 Å². The molecule has 12 heteroatoms. The number of benzene rings is 3. The van der Waals surface area contributed by atoms with E-state index in [9.17, 15) is 14.0 Å². The van der Waals surface area contributed by atoms with Crippen molar-refractivity contribution in [1.29, 1.82) is 0 Å². The third kappa shape index (κ3) is 6.66. The Morgan fingerprint density at radius 3 is 2.69 bits per heavy atom. The SMILES string of the molecule is CCOc1cc(C=Nn2c(CC)nc3ccc(Br)cc3c2=O)c(Br)c(Cl)c1OCC(=O)Nc1cccc(F)c1. The minimum atomic E-state index is -0.511. The third-order valence-corrected chi connectivity index (χ3v) is 7.35. The number of amides is 1. The Balaban J connectivity index is 1.64. The molecule has 3 aromatic carbocycles. The van der Waals surface area contributed by atoms with Gasteiger partial charge in [-0.05, 0) is 65.3 Å². The standard InChI is InChI=1S/C27H22Br2ClFN4O4/c1-3-22-34-20-9-8-16(28)11-19(20)27(37)35(22)32-13-15-10-21(38-4-2)26(25(30)24(15)29)39-14-23(36)33-18-7-5-6-17(31)12-18/h5-13H,3-4,14H2,1-2H3,(H,33,36). The van der Waals surface area contributed by atoms with Gasteiger partial charge in [-0.15, -0.1) is 0 Å². The van der Waals surface area contributed by atoms with Crippen LogP contribution in [0.4, 0.5) is 10.1 Å². The molecule has 0 atom stereocenters. The lowest BCUT2D eigenvalue weighted by Gasteiger charge is -2.16. The number of anilines is 1. The first-order chi connectivity index (χ1) is 18.7. The highest BCUT2D eigenvalue weighted by Gasteiger charge is 2.19. The second-order valence-electron chi connectivity index (χ2n) is 8.11. The normalized spacial score (nSPS) is 11.2. The van der Waals surface area contributed by atoms with Crippen molar-refractivity contribution in [1.82, 2.24) is 9.66 Å². The maximum absolute atomic E-state index is 13.4. The molecule has 39 heavy (non-hydrogen) atoms. The molecule has 0 aliphatic rings. The number of carbonyl (C=O) groups excluding carboxylic acids is 1. The summed E-state index contributed by atoms with van der Waals surface area (Å²) in [6.07, 6.45) is 1.94. The van der Waals surface area contributed by atoms with Gasteiger partial charge in [0, 0.05) is 26.6 Å². The van der Waals surface area contributed by atoms with Gasteiger partial charge in [0.15, 0.2) is 18.1 Å². The number of aryl methyl sites for hydroxylation is 1. The molecule has 4 aromatic rings. The van der Waals surface area contributed by atoms with E-state index in [0.717, 1.165) is 4.47 Å². The number of nitrogens with zero attached hydrogens (tertiary/aromatic N) is 3. The Labute approximate surface area is 245 Å². The molecule has 0 aliphatic heterocycles.